The molecule has 1 aliphatic rings. The summed E-state index contributed by atoms with van der Waals surface area (Å²) < 4.78 is 29.0. The molecule has 0 radical (unpaired) electrons. The second-order valence-corrected chi connectivity index (χ2v) is 7.82. The molecule has 2 heterocycles. The zero-order valence-corrected chi connectivity index (χ0v) is 17.0. The number of nitrogens with one attached hydrogen (secondary N) is 1. The van der Waals surface area contributed by atoms with E-state index >= 15 is 0 Å². The topological polar surface area (TPSA) is 81.8 Å². The first-order valence-corrected chi connectivity index (χ1v) is 10.3. The Balaban J connectivity index is 1.47. The second-order valence-electron chi connectivity index (χ2n) is 7.82. The van der Waals surface area contributed by atoms with E-state index < -0.39 is 11.5 Å². The molecular formula is C23H19F2N5O2. The number of aromatic nitrogens is 4. The zero-order chi connectivity index (χ0) is 22.2. The molecule has 0 unspecified atom stereocenters. The lowest BCUT2D eigenvalue weighted by Gasteiger charge is -2.10. The minimum absolute atomic E-state index is 0.207. The average Bonchev–Trinajstić information content (AvgIpc) is 3.54. The minimum atomic E-state index is -0.455. The number of amides is 1. The number of fused-ring (bicyclic) bond motifs is 1. The van der Waals surface area contributed by atoms with Crippen molar-refractivity contribution in [1.82, 2.24) is 24.9 Å². The van der Waals surface area contributed by atoms with Crippen molar-refractivity contribution in [1.29, 1.82) is 0 Å². The maximum absolute atomic E-state index is 13.4. The van der Waals surface area contributed by atoms with E-state index in [0.29, 0.717) is 16.6 Å². The number of carbonyl (C=O) groups is 1. The molecule has 1 amide bonds. The van der Waals surface area contributed by atoms with E-state index in [1.165, 1.54) is 41.1 Å². The molecule has 1 N–H and O–H groups in total. The summed E-state index contributed by atoms with van der Waals surface area (Å²) in [6.45, 7) is -0.0522. The Morgan fingerprint density at radius 3 is 2.34 bits per heavy atom. The summed E-state index contributed by atoms with van der Waals surface area (Å²) in [6, 6.07) is 11.5. The first kappa shape index (κ1) is 20.0. The van der Waals surface area contributed by atoms with Gasteiger partial charge in [0, 0.05) is 17.8 Å². The average molecular weight is 435 g/mol. The first-order valence-electron chi connectivity index (χ1n) is 10.3. The van der Waals surface area contributed by atoms with Gasteiger partial charge in [0.1, 0.15) is 23.7 Å². The van der Waals surface area contributed by atoms with Crippen molar-refractivity contribution >= 4 is 16.8 Å². The summed E-state index contributed by atoms with van der Waals surface area (Å²) in [5.74, 6) is -0.911. The molecule has 1 saturated carbocycles. The highest BCUT2D eigenvalue weighted by Crippen LogP contribution is 2.41. The van der Waals surface area contributed by atoms with Gasteiger partial charge < -0.3 is 5.32 Å². The largest absolute Gasteiger partial charge is 0.350 e. The molecule has 2 aromatic carbocycles. The molecule has 0 saturated heterocycles. The molecule has 1 fully saturated rings. The van der Waals surface area contributed by atoms with Gasteiger partial charge in [-0.3, -0.25) is 9.59 Å². The predicted molar refractivity (Wildman–Crippen MR) is 113 cm³/mol. The SMILES string of the molecule is O=C(Cn1nc(C2CC2)c2cnn(-c3ccc(F)cc3)c2c1=O)NCc1ccc(F)cc1. The quantitative estimate of drug-likeness (QED) is 0.505. The normalized spacial score (nSPS) is 13.4. The van der Waals surface area contributed by atoms with Gasteiger partial charge in [0.2, 0.25) is 5.91 Å². The van der Waals surface area contributed by atoms with E-state index in [1.807, 2.05) is 0 Å². The summed E-state index contributed by atoms with van der Waals surface area (Å²) in [7, 11) is 0. The molecule has 2 aromatic heterocycles. The Labute approximate surface area is 181 Å². The second kappa shape index (κ2) is 7.99. The van der Waals surface area contributed by atoms with Crippen molar-refractivity contribution in [2.75, 3.05) is 0 Å². The number of nitrogens with zero attached hydrogens (tertiary/aromatic N) is 4. The van der Waals surface area contributed by atoms with Gasteiger partial charge in [-0.2, -0.15) is 10.2 Å². The molecule has 0 spiro atoms. The molecule has 9 heteroatoms. The van der Waals surface area contributed by atoms with Crippen LogP contribution in [0.1, 0.15) is 30.0 Å². The summed E-state index contributed by atoms with van der Waals surface area (Å²) in [5, 5.41) is 12.2. The van der Waals surface area contributed by atoms with Crippen LogP contribution in [0.25, 0.3) is 16.6 Å². The summed E-state index contributed by atoms with van der Waals surface area (Å²) in [4.78, 5) is 25.8. The highest BCUT2D eigenvalue weighted by atomic mass is 19.1. The standard InChI is InChI=1S/C23H19F2N5O2/c24-16-5-1-14(2-6-16)11-26-20(31)13-29-23(32)22-19(21(28-29)15-3-4-15)12-27-30(22)18-9-7-17(25)8-10-18/h1-2,5-10,12,15H,3-4,11,13H2,(H,26,31). The van der Waals surface area contributed by atoms with Crippen LogP contribution in [-0.2, 0) is 17.9 Å². The van der Waals surface area contributed by atoms with Crippen LogP contribution in [0, 0.1) is 11.6 Å². The number of carbonyl (C=O) groups excluding carboxylic acids is 1. The maximum atomic E-state index is 13.4. The molecule has 5 rings (SSSR count). The molecule has 7 nitrogen and oxygen atoms in total. The van der Waals surface area contributed by atoms with Crippen molar-refractivity contribution in [3.63, 3.8) is 0 Å². The van der Waals surface area contributed by atoms with Crippen molar-refractivity contribution in [3.8, 4) is 5.69 Å². The molecule has 0 bridgehead atoms. The summed E-state index contributed by atoms with van der Waals surface area (Å²) in [6.07, 6.45) is 3.51. The van der Waals surface area contributed by atoms with Gasteiger partial charge in [-0.25, -0.2) is 18.1 Å². The minimum Gasteiger partial charge on any atom is -0.350 e. The lowest BCUT2D eigenvalue weighted by atomic mass is 10.2. The highest BCUT2D eigenvalue weighted by Gasteiger charge is 2.30. The van der Waals surface area contributed by atoms with Gasteiger partial charge in [-0.05, 0) is 54.8 Å². The molecule has 32 heavy (non-hydrogen) atoms. The smallest absolute Gasteiger partial charge is 0.293 e. The number of hydrogen-bond acceptors (Lipinski definition) is 4. The van der Waals surface area contributed by atoms with Gasteiger partial charge >= 0.3 is 0 Å². The Morgan fingerprint density at radius 1 is 1.03 bits per heavy atom. The van der Waals surface area contributed by atoms with E-state index in [2.05, 4.69) is 15.5 Å². The lowest BCUT2D eigenvalue weighted by Crippen LogP contribution is -2.34. The fourth-order valence-electron chi connectivity index (χ4n) is 3.63. The number of rotatable bonds is 6. The van der Waals surface area contributed by atoms with Crippen LogP contribution in [0.3, 0.4) is 0 Å². The van der Waals surface area contributed by atoms with Crippen molar-refractivity contribution < 1.29 is 13.6 Å². The third-order valence-electron chi connectivity index (χ3n) is 5.44. The summed E-state index contributed by atoms with van der Waals surface area (Å²) in [5.41, 5.74) is 1.87. The number of halogens is 2. The van der Waals surface area contributed by atoms with E-state index in [0.717, 1.165) is 28.8 Å². The van der Waals surface area contributed by atoms with Crippen LogP contribution in [0.5, 0.6) is 0 Å². The van der Waals surface area contributed by atoms with Crippen LogP contribution in [0.4, 0.5) is 8.78 Å². The van der Waals surface area contributed by atoms with Crippen LogP contribution >= 0.6 is 0 Å². The van der Waals surface area contributed by atoms with Crippen LogP contribution in [-0.4, -0.2) is 25.5 Å². The van der Waals surface area contributed by atoms with Crippen LogP contribution in [0.15, 0.2) is 59.5 Å². The number of hydrogen-bond donors (Lipinski definition) is 1. The van der Waals surface area contributed by atoms with E-state index in [1.54, 1.807) is 18.3 Å². The van der Waals surface area contributed by atoms with E-state index in [-0.39, 0.29) is 30.6 Å². The maximum Gasteiger partial charge on any atom is 0.293 e. The Hall–Kier alpha value is -3.88. The predicted octanol–water partition coefficient (Wildman–Crippen LogP) is 3.05. The van der Waals surface area contributed by atoms with E-state index in [9.17, 15) is 18.4 Å². The monoisotopic (exact) mass is 435 g/mol. The Kier molecular flexibility index (Phi) is 5.01. The van der Waals surface area contributed by atoms with Gasteiger partial charge in [0.05, 0.1) is 17.6 Å². The first-order chi connectivity index (χ1) is 15.5. The molecule has 0 atom stereocenters. The molecule has 4 aromatic rings. The van der Waals surface area contributed by atoms with Crippen molar-refractivity contribution in [2.45, 2.75) is 31.8 Å². The Bertz CT molecular complexity index is 1360. The van der Waals surface area contributed by atoms with Crippen LogP contribution in [0.2, 0.25) is 0 Å². The van der Waals surface area contributed by atoms with Gasteiger partial charge in [0.15, 0.2) is 0 Å². The van der Waals surface area contributed by atoms with E-state index in [4.69, 9.17) is 0 Å². The number of benzene rings is 2. The fraction of sp³-hybridized carbons (Fsp3) is 0.217. The van der Waals surface area contributed by atoms with Gasteiger partial charge in [0.25, 0.3) is 5.56 Å². The van der Waals surface area contributed by atoms with Crippen LogP contribution < -0.4 is 10.9 Å². The van der Waals surface area contributed by atoms with Crippen molar-refractivity contribution in [2.24, 2.45) is 0 Å². The molecular weight excluding hydrogens is 416 g/mol. The van der Waals surface area contributed by atoms with Gasteiger partial charge in [-0.15, -0.1) is 0 Å². The molecule has 0 aliphatic heterocycles. The fourth-order valence-corrected chi connectivity index (χ4v) is 3.63. The molecule has 162 valence electrons. The molecule has 1 aliphatic carbocycles. The third-order valence-corrected chi connectivity index (χ3v) is 5.44. The zero-order valence-electron chi connectivity index (χ0n) is 17.0. The Morgan fingerprint density at radius 2 is 1.69 bits per heavy atom. The van der Waals surface area contributed by atoms with Crippen molar-refractivity contribution in [3.05, 3.63) is 88.0 Å². The lowest BCUT2D eigenvalue weighted by molar-refractivity contribution is -0.122. The summed E-state index contributed by atoms with van der Waals surface area (Å²) >= 11 is 0. The highest BCUT2D eigenvalue weighted by molar-refractivity contribution is 5.83. The van der Waals surface area contributed by atoms with Gasteiger partial charge in [-0.1, -0.05) is 12.1 Å². The third kappa shape index (κ3) is 3.89.